The van der Waals surface area contributed by atoms with E-state index >= 15 is 0 Å². The number of carbonyl (C=O) groups excluding carboxylic acids is 1. The minimum atomic E-state index is -0.272. The molecule has 0 spiro atoms. The zero-order valence-electron chi connectivity index (χ0n) is 11.9. The lowest BCUT2D eigenvalue weighted by molar-refractivity contribution is 0.102. The molecule has 0 saturated heterocycles. The van der Waals surface area contributed by atoms with Crippen molar-refractivity contribution in [3.05, 3.63) is 35.7 Å². The van der Waals surface area contributed by atoms with E-state index in [0.29, 0.717) is 22.9 Å². The zero-order chi connectivity index (χ0) is 14.7. The topological polar surface area (TPSA) is 65.4 Å². The molecule has 2 rings (SSSR count). The second kappa shape index (κ2) is 5.64. The molecule has 20 heavy (non-hydrogen) atoms. The molecular formula is C14H17N3O3. The molecule has 0 aliphatic carbocycles. The van der Waals surface area contributed by atoms with Crippen LogP contribution in [-0.2, 0) is 7.05 Å². The number of amides is 1. The lowest BCUT2D eigenvalue weighted by Gasteiger charge is -2.11. The molecule has 106 valence electrons. The minimum Gasteiger partial charge on any atom is -0.497 e. The largest absolute Gasteiger partial charge is 0.497 e. The van der Waals surface area contributed by atoms with E-state index in [1.54, 1.807) is 43.2 Å². The van der Waals surface area contributed by atoms with Crippen LogP contribution in [0.1, 0.15) is 16.1 Å². The summed E-state index contributed by atoms with van der Waals surface area (Å²) >= 11 is 0. The molecule has 0 bridgehead atoms. The first kappa shape index (κ1) is 13.9. The molecule has 0 fully saturated rings. The van der Waals surface area contributed by atoms with E-state index in [1.165, 1.54) is 7.11 Å². The third-order valence-corrected chi connectivity index (χ3v) is 2.88. The van der Waals surface area contributed by atoms with Gasteiger partial charge in [0.05, 0.1) is 19.9 Å². The van der Waals surface area contributed by atoms with E-state index in [0.717, 1.165) is 5.56 Å². The predicted octanol–water partition coefficient (Wildman–Crippen LogP) is 2.00. The first-order chi connectivity index (χ1) is 9.55. The summed E-state index contributed by atoms with van der Waals surface area (Å²) in [6.07, 6.45) is 1.79. The number of ether oxygens (including phenoxy) is 2. The van der Waals surface area contributed by atoms with Gasteiger partial charge in [0.15, 0.2) is 5.69 Å². The van der Waals surface area contributed by atoms with Crippen molar-refractivity contribution in [2.75, 3.05) is 19.5 Å². The Kier molecular flexibility index (Phi) is 3.93. The maximum Gasteiger partial charge on any atom is 0.276 e. The zero-order valence-corrected chi connectivity index (χ0v) is 11.9. The van der Waals surface area contributed by atoms with E-state index in [2.05, 4.69) is 10.4 Å². The van der Waals surface area contributed by atoms with E-state index in [4.69, 9.17) is 9.47 Å². The maximum atomic E-state index is 12.2. The highest BCUT2D eigenvalue weighted by Gasteiger charge is 2.15. The van der Waals surface area contributed by atoms with Gasteiger partial charge in [-0.15, -0.1) is 0 Å². The van der Waals surface area contributed by atoms with Gasteiger partial charge in [0.2, 0.25) is 0 Å². The SMILES string of the molecule is COc1ccc(NC(=O)c2nn(C)cc2C)c(OC)c1. The number of methoxy groups -OCH3 is 2. The number of nitrogens with one attached hydrogen (secondary N) is 1. The highest BCUT2D eigenvalue weighted by molar-refractivity contribution is 6.04. The van der Waals surface area contributed by atoms with Crippen molar-refractivity contribution in [1.82, 2.24) is 9.78 Å². The number of aryl methyl sites for hydroxylation is 2. The molecule has 6 heteroatoms. The van der Waals surface area contributed by atoms with Gasteiger partial charge in [-0.05, 0) is 19.1 Å². The number of nitrogens with zero attached hydrogens (tertiary/aromatic N) is 2. The van der Waals surface area contributed by atoms with Crippen molar-refractivity contribution >= 4 is 11.6 Å². The molecule has 6 nitrogen and oxygen atoms in total. The van der Waals surface area contributed by atoms with Gasteiger partial charge in [0.1, 0.15) is 11.5 Å². The Morgan fingerprint density at radius 2 is 2.05 bits per heavy atom. The minimum absolute atomic E-state index is 0.272. The number of hydrogen-bond acceptors (Lipinski definition) is 4. The molecule has 2 aromatic rings. The Morgan fingerprint density at radius 1 is 1.30 bits per heavy atom. The van der Waals surface area contributed by atoms with Crippen LogP contribution in [0.4, 0.5) is 5.69 Å². The Balaban J connectivity index is 2.25. The highest BCUT2D eigenvalue weighted by atomic mass is 16.5. The van der Waals surface area contributed by atoms with Crippen molar-refractivity contribution in [1.29, 1.82) is 0 Å². The molecule has 0 saturated carbocycles. The summed E-state index contributed by atoms with van der Waals surface area (Å²) < 4.78 is 12.0. The Hall–Kier alpha value is -2.50. The summed E-state index contributed by atoms with van der Waals surface area (Å²) in [7, 11) is 4.89. The molecule has 0 unspecified atom stereocenters. The van der Waals surface area contributed by atoms with Gasteiger partial charge in [-0.2, -0.15) is 5.10 Å². The molecule has 0 aliphatic heterocycles. The van der Waals surface area contributed by atoms with Crippen LogP contribution in [0, 0.1) is 6.92 Å². The predicted molar refractivity (Wildman–Crippen MR) is 75.4 cm³/mol. The molecule has 1 aromatic heterocycles. The fourth-order valence-corrected chi connectivity index (χ4v) is 1.91. The molecule has 0 aliphatic rings. The van der Waals surface area contributed by atoms with E-state index < -0.39 is 0 Å². The molecule has 1 aromatic carbocycles. The summed E-state index contributed by atoms with van der Waals surface area (Å²) in [5.41, 5.74) is 1.78. The smallest absolute Gasteiger partial charge is 0.276 e. The monoisotopic (exact) mass is 275 g/mol. The standard InChI is InChI=1S/C14H17N3O3/c1-9-8-17(2)16-13(9)14(18)15-11-6-5-10(19-3)7-12(11)20-4/h5-8H,1-4H3,(H,15,18). The number of carbonyl (C=O) groups is 1. The van der Waals surface area contributed by atoms with Gasteiger partial charge in [-0.25, -0.2) is 0 Å². The van der Waals surface area contributed by atoms with Crippen LogP contribution in [0.5, 0.6) is 11.5 Å². The van der Waals surface area contributed by atoms with Crippen molar-refractivity contribution in [3.63, 3.8) is 0 Å². The third-order valence-electron chi connectivity index (χ3n) is 2.88. The maximum absolute atomic E-state index is 12.2. The van der Waals surface area contributed by atoms with Gasteiger partial charge < -0.3 is 14.8 Å². The Labute approximate surface area is 117 Å². The van der Waals surface area contributed by atoms with Crippen molar-refractivity contribution in [2.45, 2.75) is 6.92 Å². The average Bonchev–Trinajstić information content (AvgIpc) is 2.78. The number of hydrogen-bond donors (Lipinski definition) is 1. The van der Waals surface area contributed by atoms with Gasteiger partial charge in [0.25, 0.3) is 5.91 Å². The lowest BCUT2D eigenvalue weighted by atomic mass is 10.2. The van der Waals surface area contributed by atoms with Crippen LogP contribution in [0.3, 0.4) is 0 Å². The molecule has 0 atom stereocenters. The Morgan fingerprint density at radius 3 is 2.60 bits per heavy atom. The number of benzene rings is 1. The van der Waals surface area contributed by atoms with Crippen molar-refractivity contribution in [3.8, 4) is 11.5 Å². The van der Waals surface area contributed by atoms with E-state index in [9.17, 15) is 4.79 Å². The second-order valence-electron chi connectivity index (χ2n) is 4.35. The van der Waals surface area contributed by atoms with Crippen molar-refractivity contribution in [2.24, 2.45) is 7.05 Å². The van der Waals surface area contributed by atoms with E-state index in [-0.39, 0.29) is 5.91 Å². The van der Waals surface area contributed by atoms with Crippen LogP contribution in [0.25, 0.3) is 0 Å². The third kappa shape index (κ3) is 2.74. The normalized spacial score (nSPS) is 10.2. The number of anilines is 1. The molecule has 1 amide bonds. The van der Waals surface area contributed by atoms with Crippen LogP contribution in [0.2, 0.25) is 0 Å². The molecule has 0 radical (unpaired) electrons. The summed E-state index contributed by atoms with van der Waals surface area (Å²) in [4.78, 5) is 12.2. The fourth-order valence-electron chi connectivity index (χ4n) is 1.91. The summed E-state index contributed by atoms with van der Waals surface area (Å²) in [6, 6.07) is 5.19. The summed E-state index contributed by atoms with van der Waals surface area (Å²) in [5.74, 6) is 0.923. The number of rotatable bonds is 4. The molecule has 1 heterocycles. The van der Waals surface area contributed by atoms with Crippen LogP contribution < -0.4 is 14.8 Å². The molecule has 1 N–H and O–H groups in total. The van der Waals surface area contributed by atoms with Gasteiger partial charge in [0, 0.05) is 24.9 Å². The van der Waals surface area contributed by atoms with Crippen LogP contribution in [0.15, 0.2) is 24.4 Å². The second-order valence-corrected chi connectivity index (χ2v) is 4.35. The summed E-state index contributed by atoms with van der Waals surface area (Å²) in [6.45, 7) is 1.84. The summed E-state index contributed by atoms with van der Waals surface area (Å²) in [5, 5.41) is 6.92. The van der Waals surface area contributed by atoms with Gasteiger partial charge >= 0.3 is 0 Å². The quantitative estimate of drug-likeness (QED) is 0.926. The van der Waals surface area contributed by atoms with Crippen molar-refractivity contribution < 1.29 is 14.3 Å². The van der Waals surface area contributed by atoms with Crippen LogP contribution in [-0.4, -0.2) is 29.9 Å². The fraction of sp³-hybridized carbons (Fsp3) is 0.286. The first-order valence-corrected chi connectivity index (χ1v) is 6.08. The number of aromatic nitrogens is 2. The average molecular weight is 275 g/mol. The van der Waals surface area contributed by atoms with Gasteiger partial charge in [-0.3, -0.25) is 9.48 Å². The van der Waals surface area contributed by atoms with E-state index in [1.807, 2.05) is 6.92 Å². The van der Waals surface area contributed by atoms with Gasteiger partial charge in [-0.1, -0.05) is 0 Å². The lowest BCUT2D eigenvalue weighted by Crippen LogP contribution is -2.14. The Bertz CT molecular complexity index is 635. The molecular weight excluding hydrogens is 258 g/mol. The first-order valence-electron chi connectivity index (χ1n) is 6.08. The van der Waals surface area contributed by atoms with Crippen LogP contribution >= 0.6 is 0 Å². The highest BCUT2D eigenvalue weighted by Crippen LogP contribution is 2.29.